The van der Waals surface area contributed by atoms with Crippen molar-refractivity contribution < 1.29 is 0 Å². The lowest BCUT2D eigenvalue weighted by Gasteiger charge is -2.24. The SMILES string of the molecule is C1=CNC(C(c2ccccc2)c2ccccc2)=C(NCc2ccccc2)C=C1. The molecule has 138 valence electrons. The zero-order valence-corrected chi connectivity index (χ0v) is 15.8. The average molecular weight is 364 g/mol. The van der Waals surface area contributed by atoms with Crippen molar-refractivity contribution in [1.82, 2.24) is 10.6 Å². The molecule has 0 aromatic heterocycles. The van der Waals surface area contributed by atoms with E-state index in [1.807, 2.05) is 18.3 Å². The van der Waals surface area contributed by atoms with Crippen LogP contribution in [0.5, 0.6) is 0 Å². The van der Waals surface area contributed by atoms with Crippen LogP contribution in [0.1, 0.15) is 22.6 Å². The fourth-order valence-electron chi connectivity index (χ4n) is 3.52. The van der Waals surface area contributed by atoms with Crippen molar-refractivity contribution in [3.63, 3.8) is 0 Å². The number of hydrogen-bond acceptors (Lipinski definition) is 2. The van der Waals surface area contributed by atoms with Crippen LogP contribution < -0.4 is 10.6 Å². The maximum Gasteiger partial charge on any atom is 0.0549 e. The predicted octanol–water partition coefficient (Wildman–Crippen LogP) is 5.49. The monoisotopic (exact) mass is 364 g/mol. The van der Waals surface area contributed by atoms with Crippen molar-refractivity contribution in [2.24, 2.45) is 0 Å². The highest BCUT2D eigenvalue weighted by Crippen LogP contribution is 2.32. The first-order valence-electron chi connectivity index (χ1n) is 9.63. The van der Waals surface area contributed by atoms with Crippen LogP contribution in [-0.4, -0.2) is 0 Å². The van der Waals surface area contributed by atoms with E-state index >= 15 is 0 Å². The zero-order valence-electron chi connectivity index (χ0n) is 15.8. The van der Waals surface area contributed by atoms with Gasteiger partial charge >= 0.3 is 0 Å². The molecular weight excluding hydrogens is 340 g/mol. The van der Waals surface area contributed by atoms with Crippen molar-refractivity contribution in [2.75, 3.05) is 0 Å². The van der Waals surface area contributed by atoms with Crippen LogP contribution in [0.2, 0.25) is 0 Å². The van der Waals surface area contributed by atoms with E-state index in [9.17, 15) is 0 Å². The van der Waals surface area contributed by atoms with Gasteiger partial charge in [0.05, 0.1) is 17.3 Å². The molecule has 3 aromatic rings. The molecule has 0 aliphatic carbocycles. The van der Waals surface area contributed by atoms with Crippen LogP contribution in [0.25, 0.3) is 0 Å². The maximum atomic E-state index is 3.64. The third-order valence-electron chi connectivity index (χ3n) is 4.88. The van der Waals surface area contributed by atoms with Gasteiger partial charge in [-0.05, 0) is 28.8 Å². The van der Waals surface area contributed by atoms with Crippen LogP contribution in [0.3, 0.4) is 0 Å². The van der Waals surface area contributed by atoms with Crippen molar-refractivity contribution in [2.45, 2.75) is 12.5 Å². The van der Waals surface area contributed by atoms with Crippen molar-refractivity contribution in [1.29, 1.82) is 0 Å². The minimum atomic E-state index is 0.119. The molecule has 3 aromatic carbocycles. The van der Waals surface area contributed by atoms with Gasteiger partial charge in [0.15, 0.2) is 0 Å². The molecule has 0 unspecified atom stereocenters. The standard InChI is InChI=1S/C26H24N2/c1-4-12-21(13-5-1)20-28-24-18-10-11-19-27-26(24)25(22-14-6-2-7-15-22)23-16-8-3-9-17-23/h1-19,25,27-28H,20H2. The van der Waals surface area contributed by atoms with Gasteiger partial charge in [0.25, 0.3) is 0 Å². The summed E-state index contributed by atoms with van der Waals surface area (Å²) in [5, 5.41) is 7.18. The molecule has 2 nitrogen and oxygen atoms in total. The molecule has 0 saturated carbocycles. The number of rotatable bonds is 6. The molecule has 0 bridgehead atoms. The van der Waals surface area contributed by atoms with Crippen LogP contribution in [0.15, 0.2) is 127 Å². The van der Waals surface area contributed by atoms with Crippen LogP contribution in [0.4, 0.5) is 0 Å². The van der Waals surface area contributed by atoms with E-state index in [1.54, 1.807) is 0 Å². The molecule has 28 heavy (non-hydrogen) atoms. The quantitative estimate of drug-likeness (QED) is 0.604. The predicted molar refractivity (Wildman–Crippen MR) is 116 cm³/mol. The first-order chi connectivity index (χ1) is 13.9. The summed E-state index contributed by atoms with van der Waals surface area (Å²) < 4.78 is 0. The molecule has 1 aliphatic heterocycles. The summed E-state index contributed by atoms with van der Waals surface area (Å²) in [7, 11) is 0. The molecule has 1 heterocycles. The Balaban J connectivity index is 1.75. The number of hydrogen-bond donors (Lipinski definition) is 2. The van der Waals surface area contributed by atoms with Gasteiger partial charge in [-0.3, -0.25) is 0 Å². The maximum absolute atomic E-state index is 3.64. The summed E-state index contributed by atoms with van der Waals surface area (Å²) in [5.74, 6) is 0.119. The Morgan fingerprint density at radius 2 is 1.25 bits per heavy atom. The summed E-state index contributed by atoms with van der Waals surface area (Å²) in [6, 6.07) is 31.8. The average Bonchev–Trinajstić information content (AvgIpc) is 3.00. The highest BCUT2D eigenvalue weighted by atomic mass is 15.0. The molecule has 0 fully saturated rings. The van der Waals surface area contributed by atoms with Crippen molar-refractivity contribution in [3.05, 3.63) is 144 Å². The molecule has 2 N–H and O–H groups in total. The molecule has 0 spiro atoms. The summed E-state index contributed by atoms with van der Waals surface area (Å²) >= 11 is 0. The molecular formula is C26H24N2. The van der Waals surface area contributed by atoms with Crippen molar-refractivity contribution in [3.8, 4) is 0 Å². The summed E-state index contributed by atoms with van der Waals surface area (Å²) in [4.78, 5) is 0. The van der Waals surface area contributed by atoms with Crippen molar-refractivity contribution >= 4 is 0 Å². The fraction of sp³-hybridized carbons (Fsp3) is 0.0769. The molecule has 2 heteroatoms. The third-order valence-corrected chi connectivity index (χ3v) is 4.88. The van der Waals surface area contributed by atoms with Crippen LogP contribution in [0, 0.1) is 0 Å². The van der Waals surface area contributed by atoms with E-state index in [4.69, 9.17) is 0 Å². The topological polar surface area (TPSA) is 24.1 Å². The van der Waals surface area contributed by atoms with Gasteiger partial charge in [0.1, 0.15) is 0 Å². The van der Waals surface area contributed by atoms with Gasteiger partial charge in [-0.15, -0.1) is 0 Å². The Bertz CT molecular complexity index is 931. The van der Waals surface area contributed by atoms with Gasteiger partial charge < -0.3 is 10.6 Å². The molecule has 0 amide bonds. The highest BCUT2D eigenvalue weighted by molar-refractivity contribution is 5.45. The van der Waals surface area contributed by atoms with E-state index in [-0.39, 0.29) is 5.92 Å². The van der Waals surface area contributed by atoms with Crippen LogP contribution in [-0.2, 0) is 6.54 Å². The second-order valence-electron chi connectivity index (χ2n) is 6.78. The Labute approximate surface area is 166 Å². The fourth-order valence-corrected chi connectivity index (χ4v) is 3.52. The number of benzene rings is 3. The first-order valence-corrected chi connectivity index (χ1v) is 9.63. The summed E-state index contributed by atoms with van der Waals surface area (Å²) in [5.41, 5.74) is 6.04. The van der Waals surface area contributed by atoms with Gasteiger partial charge in [-0.1, -0.05) is 97.1 Å². The lowest BCUT2D eigenvalue weighted by molar-refractivity contribution is 0.763. The van der Waals surface area contributed by atoms with Gasteiger partial charge in [-0.25, -0.2) is 0 Å². The molecule has 0 radical (unpaired) electrons. The third kappa shape index (κ3) is 4.24. The number of nitrogens with one attached hydrogen (secondary N) is 2. The van der Waals surface area contributed by atoms with E-state index in [0.29, 0.717) is 0 Å². The summed E-state index contributed by atoms with van der Waals surface area (Å²) in [6.45, 7) is 0.780. The Morgan fingerprint density at radius 3 is 1.86 bits per heavy atom. The molecule has 1 aliphatic rings. The van der Waals surface area contributed by atoms with E-state index in [0.717, 1.165) is 17.9 Å². The lowest BCUT2D eigenvalue weighted by Crippen LogP contribution is -2.23. The Morgan fingerprint density at radius 1 is 0.679 bits per heavy atom. The van der Waals surface area contributed by atoms with Gasteiger partial charge in [-0.2, -0.15) is 0 Å². The largest absolute Gasteiger partial charge is 0.380 e. The normalized spacial score (nSPS) is 13.3. The zero-order chi connectivity index (χ0) is 19.0. The Kier molecular flexibility index (Phi) is 5.69. The second kappa shape index (κ2) is 8.92. The molecule has 0 atom stereocenters. The van der Waals surface area contributed by atoms with Gasteiger partial charge in [0, 0.05) is 12.7 Å². The first kappa shape index (κ1) is 17.9. The minimum absolute atomic E-state index is 0.119. The highest BCUT2D eigenvalue weighted by Gasteiger charge is 2.22. The van der Waals surface area contributed by atoms with E-state index in [1.165, 1.54) is 16.7 Å². The lowest BCUT2D eigenvalue weighted by atomic mass is 9.87. The Hall–Kier alpha value is -3.52. The minimum Gasteiger partial charge on any atom is -0.380 e. The van der Waals surface area contributed by atoms with Gasteiger partial charge in [0.2, 0.25) is 0 Å². The smallest absolute Gasteiger partial charge is 0.0549 e. The molecule has 4 rings (SSSR count). The van der Waals surface area contributed by atoms with E-state index < -0.39 is 0 Å². The van der Waals surface area contributed by atoms with Crippen LogP contribution >= 0.6 is 0 Å². The van der Waals surface area contributed by atoms with E-state index in [2.05, 4.69) is 108 Å². The molecule has 0 saturated heterocycles. The number of allylic oxidation sites excluding steroid dienone is 4. The second-order valence-corrected chi connectivity index (χ2v) is 6.78. The summed E-state index contributed by atoms with van der Waals surface area (Å²) in [6.07, 6.45) is 8.25.